The first kappa shape index (κ1) is 13.5. The Morgan fingerprint density at radius 3 is 2.50 bits per heavy atom. The van der Waals surface area contributed by atoms with Crippen LogP contribution < -0.4 is 11.1 Å². The molecule has 0 radical (unpaired) electrons. The van der Waals surface area contributed by atoms with Crippen LogP contribution in [0.25, 0.3) is 0 Å². The third-order valence-electron chi connectivity index (χ3n) is 3.68. The monoisotopic (exact) mass is 228 g/mol. The van der Waals surface area contributed by atoms with Gasteiger partial charge in [-0.2, -0.15) is 0 Å². The zero-order valence-electron chi connectivity index (χ0n) is 11.0. The molecule has 3 atom stereocenters. The number of hydrogen-bond donors (Lipinski definition) is 2. The lowest BCUT2D eigenvalue weighted by molar-refractivity contribution is -0.132. The van der Waals surface area contributed by atoms with E-state index in [-0.39, 0.29) is 23.4 Å². The molecule has 1 rings (SSSR count). The molecular formula is C12H24N2O2. The second-order valence-electron chi connectivity index (χ2n) is 6.10. The first-order valence-corrected chi connectivity index (χ1v) is 5.82. The van der Waals surface area contributed by atoms with E-state index in [1.165, 1.54) is 0 Å². The van der Waals surface area contributed by atoms with Crippen LogP contribution in [0.2, 0.25) is 0 Å². The van der Waals surface area contributed by atoms with Crippen LogP contribution in [-0.2, 0) is 9.53 Å². The van der Waals surface area contributed by atoms with Crippen LogP contribution in [0.4, 0.5) is 0 Å². The fourth-order valence-corrected chi connectivity index (χ4v) is 1.50. The van der Waals surface area contributed by atoms with Gasteiger partial charge in [0.1, 0.15) is 0 Å². The van der Waals surface area contributed by atoms with Gasteiger partial charge in [0, 0.05) is 12.1 Å². The molecule has 3 unspecified atom stereocenters. The van der Waals surface area contributed by atoms with Gasteiger partial charge in [0.15, 0.2) is 0 Å². The van der Waals surface area contributed by atoms with Gasteiger partial charge < -0.3 is 15.8 Å². The summed E-state index contributed by atoms with van der Waals surface area (Å²) in [4.78, 5) is 12.2. The number of nitrogens with one attached hydrogen (secondary N) is 1. The third kappa shape index (κ3) is 2.55. The largest absolute Gasteiger partial charge is 0.379 e. The van der Waals surface area contributed by atoms with Crippen molar-refractivity contribution in [3.05, 3.63) is 0 Å². The van der Waals surface area contributed by atoms with Crippen LogP contribution in [0.15, 0.2) is 0 Å². The van der Waals surface area contributed by atoms with Crippen molar-refractivity contribution in [3.63, 3.8) is 0 Å². The standard InChI is InChI=1S/C12H24N2O2/c1-8(11(2,3)4)14-10(15)12(5)7-16-6-9(12)13/h8-9H,6-7,13H2,1-5H3,(H,14,15). The van der Waals surface area contributed by atoms with E-state index in [0.717, 1.165) is 0 Å². The molecule has 0 spiro atoms. The van der Waals surface area contributed by atoms with E-state index in [1.807, 2.05) is 13.8 Å². The molecule has 1 amide bonds. The molecule has 0 bridgehead atoms. The Bertz CT molecular complexity index is 273. The van der Waals surface area contributed by atoms with Crippen LogP contribution >= 0.6 is 0 Å². The van der Waals surface area contributed by atoms with Crippen molar-refractivity contribution in [2.24, 2.45) is 16.6 Å². The molecule has 1 aliphatic heterocycles. The number of hydrogen-bond acceptors (Lipinski definition) is 3. The minimum absolute atomic E-state index is 0.0000694. The molecule has 16 heavy (non-hydrogen) atoms. The molecule has 1 aliphatic rings. The van der Waals surface area contributed by atoms with E-state index in [2.05, 4.69) is 26.1 Å². The smallest absolute Gasteiger partial charge is 0.230 e. The van der Waals surface area contributed by atoms with Crippen molar-refractivity contribution in [1.29, 1.82) is 0 Å². The molecule has 1 saturated heterocycles. The van der Waals surface area contributed by atoms with E-state index in [9.17, 15) is 4.79 Å². The van der Waals surface area contributed by atoms with Crippen LogP contribution in [0.1, 0.15) is 34.6 Å². The summed E-state index contributed by atoms with van der Waals surface area (Å²) in [6.07, 6.45) is 0. The van der Waals surface area contributed by atoms with Crippen molar-refractivity contribution in [3.8, 4) is 0 Å². The van der Waals surface area contributed by atoms with Gasteiger partial charge >= 0.3 is 0 Å². The molecule has 0 aromatic rings. The summed E-state index contributed by atoms with van der Waals surface area (Å²) in [7, 11) is 0. The van der Waals surface area contributed by atoms with Gasteiger partial charge in [0.25, 0.3) is 0 Å². The normalized spacial score (nSPS) is 32.5. The van der Waals surface area contributed by atoms with Crippen LogP contribution in [0.5, 0.6) is 0 Å². The van der Waals surface area contributed by atoms with E-state index >= 15 is 0 Å². The van der Waals surface area contributed by atoms with Gasteiger partial charge in [-0.05, 0) is 19.3 Å². The Labute approximate surface area is 97.9 Å². The molecule has 0 saturated carbocycles. The molecule has 1 heterocycles. The summed E-state index contributed by atoms with van der Waals surface area (Å²) in [5.41, 5.74) is 5.38. The number of nitrogens with two attached hydrogens (primary N) is 1. The quantitative estimate of drug-likeness (QED) is 0.738. The predicted molar refractivity (Wildman–Crippen MR) is 64.0 cm³/mol. The molecule has 4 nitrogen and oxygen atoms in total. The van der Waals surface area contributed by atoms with Gasteiger partial charge in [-0.1, -0.05) is 20.8 Å². The summed E-state index contributed by atoms with van der Waals surface area (Å²) >= 11 is 0. The lowest BCUT2D eigenvalue weighted by atomic mass is 9.82. The first-order valence-electron chi connectivity index (χ1n) is 5.82. The van der Waals surface area contributed by atoms with Crippen molar-refractivity contribution in [2.45, 2.75) is 46.7 Å². The summed E-state index contributed by atoms with van der Waals surface area (Å²) in [5, 5.41) is 3.03. The van der Waals surface area contributed by atoms with E-state index in [1.54, 1.807) is 0 Å². The van der Waals surface area contributed by atoms with Gasteiger partial charge in [0.2, 0.25) is 5.91 Å². The van der Waals surface area contributed by atoms with E-state index in [4.69, 9.17) is 10.5 Å². The molecule has 0 aliphatic carbocycles. The Balaban J connectivity index is 2.65. The topological polar surface area (TPSA) is 64.3 Å². The van der Waals surface area contributed by atoms with Gasteiger partial charge in [-0.25, -0.2) is 0 Å². The van der Waals surface area contributed by atoms with Crippen molar-refractivity contribution in [1.82, 2.24) is 5.32 Å². The first-order chi connectivity index (χ1) is 7.18. The van der Waals surface area contributed by atoms with Crippen LogP contribution in [0, 0.1) is 10.8 Å². The number of ether oxygens (including phenoxy) is 1. The minimum Gasteiger partial charge on any atom is -0.379 e. The van der Waals surface area contributed by atoms with Gasteiger partial charge in [-0.15, -0.1) is 0 Å². The molecule has 0 aromatic carbocycles. The van der Waals surface area contributed by atoms with Crippen molar-refractivity contribution < 1.29 is 9.53 Å². The fourth-order valence-electron chi connectivity index (χ4n) is 1.50. The summed E-state index contributed by atoms with van der Waals surface area (Å²) in [5.74, 6) is -0.0000694. The zero-order chi connectivity index (χ0) is 12.6. The van der Waals surface area contributed by atoms with Gasteiger partial charge in [-0.3, -0.25) is 4.79 Å². The Morgan fingerprint density at radius 2 is 2.12 bits per heavy atom. The van der Waals surface area contributed by atoms with Crippen LogP contribution in [-0.4, -0.2) is 31.2 Å². The number of rotatable bonds is 2. The zero-order valence-corrected chi connectivity index (χ0v) is 11.0. The lowest BCUT2D eigenvalue weighted by Crippen LogP contribution is -2.54. The maximum absolute atomic E-state index is 12.2. The van der Waals surface area contributed by atoms with Crippen LogP contribution in [0.3, 0.4) is 0 Å². The molecule has 1 fully saturated rings. The van der Waals surface area contributed by atoms with E-state index in [0.29, 0.717) is 13.2 Å². The second kappa shape index (κ2) is 4.34. The highest BCUT2D eigenvalue weighted by Gasteiger charge is 2.45. The maximum Gasteiger partial charge on any atom is 0.230 e. The lowest BCUT2D eigenvalue weighted by Gasteiger charge is -2.33. The molecular weight excluding hydrogens is 204 g/mol. The highest BCUT2D eigenvalue weighted by molar-refractivity contribution is 5.83. The Hall–Kier alpha value is -0.610. The number of carbonyl (C=O) groups is 1. The van der Waals surface area contributed by atoms with Crippen molar-refractivity contribution in [2.75, 3.05) is 13.2 Å². The number of amides is 1. The highest BCUT2D eigenvalue weighted by Crippen LogP contribution is 2.28. The highest BCUT2D eigenvalue weighted by atomic mass is 16.5. The van der Waals surface area contributed by atoms with E-state index < -0.39 is 5.41 Å². The third-order valence-corrected chi connectivity index (χ3v) is 3.68. The predicted octanol–water partition coefficient (Wildman–Crippen LogP) is 0.901. The average molecular weight is 228 g/mol. The number of carbonyl (C=O) groups excluding carboxylic acids is 1. The molecule has 3 N–H and O–H groups in total. The molecule has 0 aromatic heterocycles. The molecule has 94 valence electrons. The Kier molecular flexibility index (Phi) is 3.65. The second-order valence-corrected chi connectivity index (χ2v) is 6.10. The Morgan fingerprint density at radius 1 is 1.56 bits per heavy atom. The average Bonchev–Trinajstić information content (AvgIpc) is 2.46. The van der Waals surface area contributed by atoms with Crippen molar-refractivity contribution >= 4 is 5.91 Å². The maximum atomic E-state index is 12.2. The SMILES string of the molecule is CC(NC(=O)C1(C)COCC1N)C(C)(C)C. The molecule has 4 heteroatoms. The summed E-state index contributed by atoms with van der Waals surface area (Å²) in [6, 6.07) is -0.0932. The van der Waals surface area contributed by atoms with Gasteiger partial charge in [0.05, 0.1) is 18.6 Å². The fraction of sp³-hybridized carbons (Fsp3) is 0.917. The minimum atomic E-state index is -0.584. The summed E-state index contributed by atoms with van der Waals surface area (Å²) in [6.45, 7) is 11.1. The summed E-state index contributed by atoms with van der Waals surface area (Å²) < 4.78 is 5.27.